The first-order chi connectivity index (χ1) is 14.2. The average Bonchev–Trinajstić information content (AvgIpc) is 3.26. The Kier molecular flexibility index (Phi) is 6.85. The van der Waals surface area contributed by atoms with Crippen LogP contribution in [0.4, 0.5) is 0 Å². The molecule has 1 amide bonds. The van der Waals surface area contributed by atoms with Crippen LogP contribution >= 0.6 is 15.9 Å². The van der Waals surface area contributed by atoms with Crippen molar-refractivity contribution in [2.24, 2.45) is 0 Å². The number of piperazine rings is 1. The number of rotatable bonds is 6. The Labute approximate surface area is 181 Å². The first-order valence-electron chi connectivity index (χ1n) is 10.5. The number of halogens is 1. The fraction of sp³-hybridized carbons (Fsp3) is 0.435. The van der Waals surface area contributed by atoms with Crippen LogP contribution in [0.15, 0.2) is 53.0 Å². The van der Waals surface area contributed by atoms with Gasteiger partial charge in [-0.1, -0.05) is 34.1 Å². The normalized spacial score (nSPS) is 18.2. The number of likely N-dealkylation sites (tertiary alicyclic amines) is 1. The Bertz CT molecular complexity index is 830. The molecule has 2 saturated heterocycles. The summed E-state index contributed by atoms with van der Waals surface area (Å²) in [5, 5.41) is 0. The van der Waals surface area contributed by atoms with E-state index < -0.39 is 0 Å². The lowest BCUT2D eigenvalue weighted by Crippen LogP contribution is -2.50. The second-order valence-corrected chi connectivity index (χ2v) is 8.65. The maximum Gasteiger partial charge on any atom is 0.257 e. The summed E-state index contributed by atoms with van der Waals surface area (Å²) < 4.78 is 6.97. The molecule has 0 atom stereocenters. The number of carbonyl (C=O) groups excluding carboxylic acids is 1. The minimum Gasteiger partial charge on any atom is -0.456 e. The number of benzene rings is 2. The van der Waals surface area contributed by atoms with E-state index in [2.05, 4.69) is 25.7 Å². The van der Waals surface area contributed by atoms with Crippen molar-refractivity contribution in [3.05, 3.63) is 58.6 Å². The minimum atomic E-state index is 0.0507. The first-order valence-corrected chi connectivity index (χ1v) is 11.2. The molecule has 4 rings (SSSR count). The van der Waals surface area contributed by atoms with Gasteiger partial charge < -0.3 is 14.5 Å². The monoisotopic (exact) mass is 457 g/mol. The van der Waals surface area contributed by atoms with E-state index in [0.717, 1.165) is 43.7 Å². The molecule has 0 N–H and O–H groups in total. The topological polar surface area (TPSA) is 36.0 Å². The number of carbonyl (C=O) groups is 1. The molecule has 5 nitrogen and oxygen atoms in total. The first kappa shape index (κ1) is 20.4. The van der Waals surface area contributed by atoms with Crippen molar-refractivity contribution in [2.45, 2.75) is 12.8 Å². The van der Waals surface area contributed by atoms with Crippen LogP contribution in [0.5, 0.6) is 11.5 Å². The smallest absolute Gasteiger partial charge is 0.257 e. The molecule has 2 aromatic rings. The standard InChI is InChI=1S/C23H28BrN3O2/c24-19-6-5-7-20(18-19)29-22-9-2-1-8-21(22)23(28)27-16-14-26(15-17-27)13-12-25-10-3-4-11-25/h1-2,5-9,18H,3-4,10-17H2. The van der Waals surface area contributed by atoms with Gasteiger partial charge in [0.2, 0.25) is 0 Å². The third-order valence-electron chi connectivity index (χ3n) is 5.73. The molecule has 2 heterocycles. The molecule has 0 saturated carbocycles. The van der Waals surface area contributed by atoms with Crippen molar-refractivity contribution in [1.29, 1.82) is 0 Å². The van der Waals surface area contributed by atoms with E-state index in [1.54, 1.807) is 0 Å². The van der Waals surface area contributed by atoms with Crippen LogP contribution in [-0.4, -0.2) is 73.0 Å². The number of hydrogen-bond donors (Lipinski definition) is 0. The summed E-state index contributed by atoms with van der Waals surface area (Å²) in [7, 11) is 0. The van der Waals surface area contributed by atoms with Gasteiger partial charge >= 0.3 is 0 Å². The average molecular weight is 458 g/mol. The predicted molar refractivity (Wildman–Crippen MR) is 119 cm³/mol. The molecule has 0 radical (unpaired) electrons. The molecular formula is C23H28BrN3O2. The number of nitrogens with zero attached hydrogens (tertiary/aromatic N) is 3. The highest BCUT2D eigenvalue weighted by molar-refractivity contribution is 9.10. The van der Waals surface area contributed by atoms with Gasteiger partial charge in [-0.25, -0.2) is 0 Å². The fourth-order valence-electron chi connectivity index (χ4n) is 4.02. The summed E-state index contributed by atoms with van der Waals surface area (Å²) >= 11 is 3.46. The van der Waals surface area contributed by atoms with Crippen molar-refractivity contribution in [2.75, 3.05) is 52.4 Å². The summed E-state index contributed by atoms with van der Waals surface area (Å²) in [6, 6.07) is 15.2. The van der Waals surface area contributed by atoms with Gasteiger partial charge in [0.05, 0.1) is 5.56 Å². The van der Waals surface area contributed by atoms with Crippen molar-refractivity contribution in [1.82, 2.24) is 14.7 Å². The molecule has 6 heteroatoms. The molecule has 0 unspecified atom stereocenters. The summed E-state index contributed by atoms with van der Waals surface area (Å²) in [5.41, 5.74) is 0.623. The molecule has 2 aliphatic heterocycles. The van der Waals surface area contributed by atoms with Gasteiger partial charge in [0.1, 0.15) is 11.5 Å². The van der Waals surface area contributed by atoms with Gasteiger partial charge in [0, 0.05) is 43.7 Å². The quantitative estimate of drug-likeness (QED) is 0.654. The van der Waals surface area contributed by atoms with Crippen LogP contribution in [0.3, 0.4) is 0 Å². The molecular weight excluding hydrogens is 430 g/mol. The lowest BCUT2D eigenvalue weighted by atomic mass is 10.1. The zero-order valence-corrected chi connectivity index (χ0v) is 18.3. The Morgan fingerprint density at radius 2 is 1.55 bits per heavy atom. The van der Waals surface area contributed by atoms with Gasteiger partial charge in [-0.3, -0.25) is 9.69 Å². The number of ether oxygens (including phenoxy) is 1. The van der Waals surface area contributed by atoms with Crippen molar-refractivity contribution >= 4 is 21.8 Å². The van der Waals surface area contributed by atoms with Gasteiger partial charge in [-0.05, 0) is 56.3 Å². The van der Waals surface area contributed by atoms with Crippen molar-refractivity contribution in [3.63, 3.8) is 0 Å². The molecule has 2 fully saturated rings. The van der Waals surface area contributed by atoms with E-state index in [9.17, 15) is 4.79 Å². The zero-order chi connectivity index (χ0) is 20.1. The summed E-state index contributed by atoms with van der Waals surface area (Å²) in [6.07, 6.45) is 2.67. The van der Waals surface area contributed by atoms with E-state index in [4.69, 9.17) is 4.74 Å². The van der Waals surface area contributed by atoms with Crippen LogP contribution in [0.1, 0.15) is 23.2 Å². The van der Waals surface area contributed by atoms with Gasteiger partial charge in [0.15, 0.2) is 0 Å². The summed E-state index contributed by atoms with van der Waals surface area (Å²) in [5.74, 6) is 1.37. The maximum atomic E-state index is 13.2. The zero-order valence-electron chi connectivity index (χ0n) is 16.7. The molecule has 2 aliphatic rings. The lowest BCUT2D eigenvalue weighted by Gasteiger charge is -2.35. The highest BCUT2D eigenvalue weighted by Gasteiger charge is 2.25. The summed E-state index contributed by atoms with van der Waals surface area (Å²) in [6.45, 7) is 8.15. The van der Waals surface area contributed by atoms with E-state index >= 15 is 0 Å². The Hall–Kier alpha value is -1.89. The van der Waals surface area contributed by atoms with Gasteiger partial charge in [-0.15, -0.1) is 0 Å². The Balaban J connectivity index is 1.35. The SMILES string of the molecule is O=C(c1ccccc1Oc1cccc(Br)c1)N1CCN(CCN2CCCC2)CC1. The van der Waals surface area contributed by atoms with Crippen LogP contribution in [0.25, 0.3) is 0 Å². The third-order valence-corrected chi connectivity index (χ3v) is 6.23. The highest BCUT2D eigenvalue weighted by Crippen LogP contribution is 2.28. The van der Waals surface area contributed by atoms with E-state index in [0.29, 0.717) is 17.1 Å². The molecule has 0 spiro atoms. The molecule has 0 aliphatic carbocycles. The maximum absolute atomic E-state index is 13.2. The van der Waals surface area contributed by atoms with Crippen molar-refractivity contribution in [3.8, 4) is 11.5 Å². The van der Waals surface area contributed by atoms with Crippen LogP contribution in [0, 0.1) is 0 Å². The largest absolute Gasteiger partial charge is 0.456 e. The molecule has 2 aromatic carbocycles. The second kappa shape index (κ2) is 9.74. The van der Waals surface area contributed by atoms with Gasteiger partial charge in [0.25, 0.3) is 5.91 Å². The molecule has 154 valence electrons. The van der Waals surface area contributed by atoms with E-state index in [1.165, 1.54) is 25.9 Å². The third kappa shape index (κ3) is 5.38. The van der Waals surface area contributed by atoms with E-state index in [1.807, 2.05) is 53.4 Å². The Morgan fingerprint density at radius 1 is 0.862 bits per heavy atom. The highest BCUT2D eigenvalue weighted by atomic mass is 79.9. The fourth-order valence-corrected chi connectivity index (χ4v) is 4.40. The van der Waals surface area contributed by atoms with Crippen LogP contribution < -0.4 is 4.74 Å². The molecule has 0 aromatic heterocycles. The number of amides is 1. The van der Waals surface area contributed by atoms with Crippen LogP contribution in [-0.2, 0) is 0 Å². The summed E-state index contributed by atoms with van der Waals surface area (Å²) in [4.78, 5) is 20.1. The Morgan fingerprint density at radius 3 is 2.28 bits per heavy atom. The van der Waals surface area contributed by atoms with E-state index in [-0.39, 0.29) is 5.91 Å². The van der Waals surface area contributed by atoms with Crippen LogP contribution in [0.2, 0.25) is 0 Å². The predicted octanol–water partition coefficient (Wildman–Crippen LogP) is 4.10. The molecule has 0 bridgehead atoms. The lowest BCUT2D eigenvalue weighted by molar-refractivity contribution is 0.0624. The number of para-hydroxylation sites is 1. The minimum absolute atomic E-state index is 0.0507. The van der Waals surface area contributed by atoms with Gasteiger partial charge in [-0.2, -0.15) is 0 Å². The second-order valence-electron chi connectivity index (χ2n) is 7.74. The molecule has 29 heavy (non-hydrogen) atoms. The number of hydrogen-bond acceptors (Lipinski definition) is 4. The van der Waals surface area contributed by atoms with Crippen molar-refractivity contribution < 1.29 is 9.53 Å².